The van der Waals surface area contributed by atoms with Gasteiger partial charge >= 0.3 is 0 Å². The van der Waals surface area contributed by atoms with Crippen LogP contribution in [0, 0.1) is 0 Å². The molecule has 1 atom stereocenters. The number of anilines is 1. The number of ketones is 1. The van der Waals surface area contributed by atoms with E-state index < -0.39 is 0 Å². The number of rotatable bonds is 6. The van der Waals surface area contributed by atoms with Crippen molar-refractivity contribution in [2.24, 2.45) is 0 Å². The molecule has 0 aliphatic carbocycles. The van der Waals surface area contributed by atoms with Crippen LogP contribution in [0.1, 0.15) is 37.7 Å². The van der Waals surface area contributed by atoms with E-state index in [2.05, 4.69) is 0 Å². The molecule has 0 spiro atoms. The first-order chi connectivity index (χ1) is 8.74. The van der Waals surface area contributed by atoms with E-state index in [9.17, 15) is 4.79 Å². The number of hydrogen-bond acceptors (Lipinski definition) is 3. The van der Waals surface area contributed by atoms with Crippen molar-refractivity contribution >= 4 is 11.5 Å². The maximum atomic E-state index is 11.8. The molecule has 0 saturated carbocycles. The third kappa shape index (κ3) is 4.15. The van der Waals surface area contributed by atoms with Gasteiger partial charge in [0.15, 0.2) is 0 Å². The quantitative estimate of drug-likeness (QED) is 0.786. The summed E-state index contributed by atoms with van der Waals surface area (Å²) in [7, 11) is 0. The fourth-order valence-electron chi connectivity index (χ4n) is 2.42. The monoisotopic (exact) mass is 247 g/mol. The van der Waals surface area contributed by atoms with Crippen LogP contribution in [-0.4, -0.2) is 18.5 Å². The van der Waals surface area contributed by atoms with Gasteiger partial charge in [0.25, 0.3) is 0 Å². The zero-order valence-corrected chi connectivity index (χ0v) is 10.7. The molecule has 3 heteroatoms. The highest BCUT2D eigenvalue weighted by molar-refractivity contribution is 5.81. The lowest BCUT2D eigenvalue weighted by Crippen LogP contribution is -2.08. The summed E-state index contributed by atoms with van der Waals surface area (Å²) in [6, 6.07) is 7.56. The molecule has 18 heavy (non-hydrogen) atoms. The SMILES string of the molecule is Nc1cccc(CC(=O)CCCC2CCCO2)c1. The lowest BCUT2D eigenvalue weighted by Gasteiger charge is -2.08. The minimum absolute atomic E-state index is 0.290. The van der Waals surface area contributed by atoms with E-state index in [1.165, 1.54) is 6.42 Å². The summed E-state index contributed by atoms with van der Waals surface area (Å²) < 4.78 is 5.54. The fraction of sp³-hybridized carbons (Fsp3) is 0.533. The highest BCUT2D eigenvalue weighted by atomic mass is 16.5. The van der Waals surface area contributed by atoms with E-state index in [-0.39, 0.29) is 0 Å². The van der Waals surface area contributed by atoms with Crippen LogP contribution in [0.2, 0.25) is 0 Å². The molecule has 0 bridgehead atoms. The molecule has 0 aromatic heterocycles. The standard InChI is InChI=1S/C15H21NO2/c16-13-5-1-4-12(10-13)11-14(17)6-2-7-15-8-3-9-18-15/h1,4-5,10,15H,2-3,6-9,11,16H2. The Morgan fingerprint density at radius 1 is 1.44 bits per heavy atom. The Hall–Kier alpha value is -1.35. The van der Waals surface area contributed by atoms with Gasteiger partial charge in [-0.2, -0.15) is 0 Å². The molecule has 1 aliphatic rings. The van der Waals surface area contributed by atoms with Crippen molar-refractivity contribution in [3.63, 3.8) is 0 Å². The number of nitrogens with two attached hydrogens (primary N) is 1. The van der Waals surface area contributed by atoms with Gasteiger partial charge in [-0.15, -0.1) is 0 Å². The largest absolute Gasteiger partial charge is 0.399 e. The lowest BCUT2D eigenvalue weighted by molar-refractivity contribution is -0.118. The average molecular weight is 247 g/mol. The van der Waals surface area contributed by atoms with E-state index >= 15 is 0 Å². The molecule has 1 aromatic carbocycles. The van der Waals surface area contributed by atoms with Gasteiger partial charge in [-0.05, 0) is 43.4 Å². The van der Waals surface area contributed by atoms with Crippen molar-refractivity contribution in [1.82, 2.24) is 0 Å². The Labute approximate surface area is 108 Å². The van der Waals surface area contributed by atoms with E-state index in [0.717, 1.165) is 37.1 Å². The zero-order valence-electron chi connectivity index (χ0n) is 10.7. The highest BCUT2D eigenvalue weighted by Gasteiger charge is 2.15. The molecule has 0 amide bonds. The zero-order chi connectivity index (χ0) is 12.8. The molecule has 1 fully saturated rings. The number of carbonyl (C=O) groups excluding carboxylic acids is 1. The predicted molar refractivity (Wildman–Crippen MR) is 72.4 cm³/mol. The van der Waals surface area contributed by atoms with Crippen molar-refractivity contribution in [2.75, 3.05) is 12.3 Å². The first-order valence-corrected chi connectivity index (χ1v) is 6.72. The van der Waals surface area contributed by atoms with Gasteiger partial charge in [0, 0.05) is 25.1 Å². The van der Waals surface area contributed by atoms with Crippen molar-refractivity contribution in [2.45, 2.75) is 44.6 Å². The van der Waals surface area contributed by atoms with Crippen molar-refractivity contribution in [3.05, 3.63) is 29.8 Å². The summed E-state index contributed by atoms with van der Waals surface area (Å²) in [5, 5.41) is 0. The number of ether oxygens (including phenoxy) is 1. The maximum Gasteiger partial charge on any atom is 0.137 e. The summed E-state index contributed by atoms with van der Waals surface area (Å²) in [5.41, 5.74) is 7.42. The second-order valence-electron chi connectivity index (χ2n) is 4.99. The minimum atomic E-state index is 0.290. The Balaban J connectivity index is 1.68. The Morgan fingerprint density at radius 3 is 3.06 bits per heavy atom. The number of Topliss-reactive ketones (excluding diaryl/α,β-unsaturated/α-hetero) is 1. The molecule has 1 aromatic rings. The summed E-state index contributed by atoms with van der Waals surface area (Å²) in [4.78, 5) is 11.8. The maximum absolute atomic E-state index is 11.8. The van der Waals surface area contributed by atoms with Crippen molar-refractivity contribution in [1.29, 1.82) is 0 Å². The van der Waals surface area contributed by atoms with Gasteiger partial charge in [0.2, 0.25) is 0 Å². The Bertz CT molecular complexity index is 397. The third-order valence-electron chi connectivity index (χ3n) is 3.36. The molecular weight excluding hydrogens is 226 g/mol. The first-order valence-electron chi connectivity index (χ1n) is 6.72. The number of carbonyl (C=O) groups is 1. The van der Waals surface area contributed by atoms with Crippen LogP contribution in [0.25, 0.3) is 0 Å². The molecular formula is C15H21NO2. The van der Waals surface area contributed by atoms with Gasteiger partial charge < -0.3 is 10.5 Å². The first kappa shape index (κ1) is 13.1. The van der Waals surface area contributed by atoms with Crippen LogP contribution in [-0.2, 0) is 16.0 Å². The highest BCUT2D eigenvalue weighted by Crippen LogP contribution is 2.18. The van der Waals surface area contributed by atoms with Crippen molar-refractivity contribution in [3.8, 4) is 0 Å². The number of nitrogen functional groups attached to an aromatic ring is 1. The molecule has 1 saturated heterocycles. The second-order valence-corrected chi connectivity index (χ2v) is 4.99. The fourth-order valence-corrected chi connectivity index (χ4v) is 2.42. The normalized spacial score (nSPS) is 19.0. The molecule has 1 heterocycles. The molecule has 98 valence electrons. The molecule has 0 radical (unpaired) electrons. The Kier molecular flexibility index (Phi) is 4.76. The second kappa shape index (κ2) is 6.55. The van der Waals surface area contributed by atoms with Gasteiger partial charge in [0.1, 0.15) is 5.78 Å². The van der Waals surface area contributed by atoms with E-state index in [1.807, 2.05) is 24.3 Å². The van der Waals surface area contributed by atoms with Crippen LogP contribution in [0.4, 0.5) is 5.69 Å². The summed E-state index contributed by atoms with van der Waals surface area (Å²) in [5.74, 6) is 0.290. The molecule has 2 rings (SSSR count). The average Bonchev–Trinajstić information content (AvgIpc) is 2.82. The predicted octanol–water partition coefficient (Wildman–Crippen LogP) is 2.73. The van der Waals surface area contributed by atoms with Gasteiger partial charge in [-0.25, -0.2) is 0 Å². The van der Waals surface area contributed by atoms with Gasteiger partial charge in [-0.3, -0.25) is 4.79 Å². The lowest BCUT2D eigenvalue weighted by atomic mass is 10.0. The minimum Gasteiger partial charge on any atom is -0.399 e. The Morgan fingerprint density at radius 2 is 2.33 bits per heavy atom. The number of hydrogen-bond donors (Lipinski definition) is 1. The van der Waals surface area contributed by atoms with Crippen LogP contribution >= 0.6 is 0 Å². The van der Waals surface area contributed by atoms with E-state index in [4.69, 9.17) is 10.5 Å². The molecule has 1 aliphatic heterocycles. The number of benzene rings is 1. The van der Waals surface area contributed by atoms with Crippen LogP contribution in [0.5, 0.6) is 0 Å². The van der Waals surface area contributed by atoms with E-state index in [1.54, 1.807) is 0 Å². The summed E-state index contributed by atoms with van der Waals surface area (Å²) in [6.07, 6.45) is 5.82. The smallest absolute Gasteiger partial charge is 0.137 e. The third-order valence-corrected chi connectivity index (χ3v) is 3.36. The molecule has 3 nitrogen and oxygen atoms in total. The molecule has 1 unspecified atom stereocenters. The summed E-state index contributed by atoms with van der Waals surface area (Å²) >= 11 is 0. The topological polar surface area (TPSA) is 52.3 Å². The van der Waals surface area contributed by atoms with Crippen LogP contribution in [0.15, 0.2) is 24.3 Å². The van der Waals surface area contributed by atoms with Gasteiger partial charge in [0.05, 0.1) is 6.10 Å². The molecule has 2 N–H and O–H groups in total. The summed E-state index contributed by atoms with van der Waals surface area (Å²) in [6.45, 7) is 0.891. The van der Waals surface area contributed by atoms with Crippen LogP contribution in [0.3, 0.4) is 0 Å². The van der Waals surface area contributed by atoms with E-state index in [0.29, 0.717) is 24.7 Å². The van der Waals surface area contributed by atoms with Crippen molar-refractivity contribution < 1.29 is 9.53 Å². The van der Waals surface area contributed by atoms with Gasteiger partial charge in [-0.1, -0.05) is 12.1 Å². The van der Waals surface area contributed by atoms with Crippen LogP contribution < -0.4 is 5.73 Å².